The maximum atomic E-state index is 13.8. The number of carbonyl (C=O) groups excluding carboxylic acids is 1. The molecule has 1 aliphatic rings. The Labute approximate surface area is 250 Å². The third-order valence-electron chi connectivity index (χ3n) is 6.40. The Balaban J connectivity index is 1.87. The maximum Gasteiger partial charge on any atom is 0.269 e. The van der Waals surface area contributed by atoms with E-state index < -0.39 is 5.91 Å². The van der Waals surface area contributed by atoms with E-state index in [0.717, 1.165) is 24.4 Å². The van der Waals surface area contributed by atoms with Gasteiger partial charge in [0.1, 0.15) is 16.5 Å². The van der Waals surface area contributed by atoms with Crippen LogP contribution in [0.25, 0.3) is 11.6 Å². The predicted molar refractivity (Wildman–Crippen MR) is 159 cm³/mol. The molecule has 1 aromatic heterocycles. The van der Waals surface area contributed by atoms with E-state index in [1.165, 1.54) is 32.0 Å². The first kappa shape index (κ1) is 30.4. The molecule has 2 heterocycles. The van der Waals surface area contributed by atoms with Crippen molar-refractivity contribution in [3.8, 4) is 23.3 Å². The summed E-state index contributed by atoms with van der Waals surface area (Å²) in [5.41, 5.74) is 0.224. The topological polar surface area (TPSA) is 115 Å². The molecular weight excluding hydrogens is 591 g/mol. The summed E-state index contributed by atoms with van der Waals surface area (Å²) in [5, 5.41) is 13.4. The van der Waals surface area contributed by atoms with Gasteiger partial charge in [-0.2, -0.15) is 5.26 Å². The van der Waals surface area contributed by atoms with Crippen molar-refractivity contribution in [3.05, 3.63) is 65.5 Å². The molecule has 0 saturated carbocycles. The second-order valence-corrected chi connectivity index (χ2v) is 10.7. The average molecular weight is 620 g/mol. The minimum atomic E-state index is -0.715. The molecule has 0 spiro atoms. The van der Waals surface area contributed by atoms with E-state index >= 15 is 0 Å². The van der Waals surface area contributed by atoms with Gasteiger partial charge in [0.05, 0.1) is 49.8 Å². The highest BCUT2D eigenvalue weighted by Gasteiger charge is 2.19. The van der Waals surface area contributed by atoms with Crippen molar-refractivity contribution in [2.45, 2.75) is 6.54 Å². The number of benzene rings is 2. The van der Waals surface area contributed by atoms with Crippen molar-refractivity contribution in [1.29, 1.82) is 5.26 Å². The number of ether oxygens (including phenoxy) is 4. The summed E-state index contributed by atoms with van der Waals surface area (Å²) in [7, 11) is 4.53. The average Bonchev–Trinajstić information content (AvgIpc) is 3.28. The van der Waals surface area contributed by atoms with E-state index in [-0.39, 0.29) is 33.0 Å². The number of nitrogens with one attached hydrogen (secondary N) is 1. The molecule has 3 aromatic rings. The van der Waals surface area contributed by atoms with Crippen LogP contribution in [0.3, 0.4) is 0 Å². The predicted octanol–water partition coefficient (Wildman–Crippen LogP) is 2.72. The van der Waals surface area contributed by atoms with Gasteiger partial charge in [-0.1, -0.05) is 23.2 Å². The number of hydrogen-bond acceptors (Lipinski definition) is 9. The fourth-order valence-corrected chi connectivity index (χ4v) is 5.71. The molecule has 0 radical (unpaired) electrons. The largest absolute Gasteiger partial charge is 0.496 e. The highest BCUT2D eigenvalue weighted by Crippen LogP contribution is 2.35. The molecule has 0 bridgehead atoms. The Morgan fingerprint density at radius 2 is 1.76 bits per heavy atom. The van der Waals surface area contributed by atoms with Gasteiger partial charge in [-0.15, -0.1) is 11.3 Å². The van der Waals surface area contributed by atoms with Crippen molar-refractivity contribution >= 4 is 57.8 Å². The highest BCUT2D eigenvalue weighted by molar-refractivity contribution is 7.07. The molecule has 4 rings (SSSR count). The molecule has 216 valence electrons. The molecule has 13 heteroatoms. The molecular formula is C28H28Cl2N4O6S. The van der Waals surface area contributed by atoms with Gasteiger partial charge in [0.15, 0.2) is 17.1 Å². The van der Waals surface area contributed by atoms with E-state index in [1.807, 2.05) is 6.07 Å². The number of nitriles is 1. The van der Waals surface area contributed by atoms with Crippen LogP contribution in [0.1, 0.15) is 5.56 Å². The van der Waals surface area contributed by atoms with Crippen LogP contribution in [-0.2, 0) is 16.1 Å². The Hall–Kier alpha value is -3.53. The van der Waals surface area contributed by atoms with Crippen LogP contribution in [0.5, 0.6) is 17.2 Å². The summed E-state index contributed by atoms with van der Waals surface area (Å²) in [4.78, 5) is 29.2. The number of nitrogens with zero attached hydrogens (tertiary/aromatic N) is 3. The number of anilines is 1. The van der Waals surface area contributed by atoms with E-state index in [2.05, 4.69) is 10.2 Å². The molecule has 1 saturated heterocycles. The summed E-state index contributed by atoms with van der Waals surface area (Å²) in [6.45, 7) is 3.44. The molecule has 0 aliphatic carbocycles. The fraction of sp³-hybridized carbons (Fsp3) is 0.321. The third-order valence-corrected chi connectivity index (χ3v) is 8.10. The van der Waals surface area contributed by atoms with E-state index in [0.29, 0.717) is 52.1 Å². The molecule has 41 heavy (non-hydrogen) atoms. The SMILES string of the molecule is COc1cc(OC)c(OC)cc1/C=c1/s/c(=C(\C#N)C(=O)Nc2cc(Cl)ccc2Cl)n(CCN2CCOCC2)c1=O. The lowest BCUT2D eigenvalue weighted by Crippen LogP contribution is -2.41. The van der Waals surface area contributed by atoms with Crippen LogP contribution in [0.2, 0.25) is 10.0 Å². The number of aromatic nitrogens is 1. The normalized spacial score (nSPS) is 14.8. The third kappa shape index (κ3) is 7.04. The number of carbonyl (C=O) groups is 1. The van der Waals surface area contributed by atoms with Crippen molar-refractivity contribution in [2.75, 3.05) is 59.5 Å². The minimum absolute atomic E-state index is 0.215. The summed E-state index contributed by atoms with van der Waals surface area (Å²) in [5.74, 6) is 0.654. The van der Waals surface area contributed by atoms with Gasteiger partial charge in [0, 0.05) is 42.8 Å². The van der Waals surface area contributed by atoms with Gasteiger partial charge in [-0.3, -0.25) is 19.1 Å². The maximum absolute atomic E-state index is 13.8. The second-order valence-electron chi connectivity index (χ2n) is 8.84. The quantitative estimate of drug-likeness (QED) is 0.389. The standard InChI is InChI=1S/C28H28Cl2N4O6S/c1-37-22-15-24(39-3)23(38-2)12-17(22)13-25-27(36)34(7-6-33-8-10-40-11-9-33)28(41-25)19(16-31)26(35)32-21-14-18(29)4-5-20(21)30/h4-5,12-15H,6-11H2,1-3H3,(H,32,35)/b25-13+,28-19+. The van der Waals surface area contributed by atoms with Crippen LogP contribution in [0, 0.1) is 11.3 Å². The summed E-state index contributed by atoms with van der Waals surface area (Å²) < 4.78 is 23.7. The molecule has 2 aromatic carbocycles. The number of morpholine rings is 1. The lowest BCUT2D eigenvalue weighted by Gasteiger charge is -2.26. The number of methoxy groups -OCH3 is 3. The molecule has 10 nitrogen and oxygen atoms in total. The van der Waals surface area contributed by atoms with E-state index in [1.54, 1.807) is 30.3 Å². The fourth-order valence-electron chi connectivity index (χ4n) is 4.26. The molecule has 1 aliphatic heterocycles. The molecule has 1 fully saturated rings. The lowest BCUT2D eigenvalue weighted by atomic mass is 10.1. The van der Waals surface area contributed by atoms with Gasteiger partial charge in [-0.05, 0) is 30.3 Å². The smallest absolute Gasteiger partial charge is 0.269 e. The van der Waals surface area contributed by atoms with Crippen LogP contribution in [-0.4, -0.2) is 69.6 Å². The second kappa shape index (κ2) is 13.9. The molecule has 1 N–H and O–H groups in total. The Bertz CT molecular complexity index is 1660. The molecule has 1 amide bonds. The number of hydrogen-bond donors (Lipinski definition) is 1. The number of rotatable bonds is 9. The van der Waals surface area contributed by atoms with Crippen molar-refractivity contribution < 1.29 is 23.7 Å². The van der Waals surface area contributed by atoms with Crippen LogP contribution in [0.4, 0.5) is 5.69 Å². The Morgan fingerprint density at radius 1 is 1.07 bits per heavy atom. The van der Waals surface area contributed by atoms with Crippen molar-refractivity contribution in [3.63, 3.8) is 0 Å². The minimum Gasteiger partial charge on any atom is -0.496 e. The van der Waals surface area contributed by atoms with Crippen LogP contribution in [0.15, 0.2) is 35.1 Å². The first-order valence-corrected chi connectivity index (χ1v) is 14.1. The number of thiazole rings is 1. The first-order chi connectivity index (χ1) is 19.8. The van der Waals surface area contributed by atoms with Crippen LogP contribution >= 0.6 is 34.5 Å². The van der Waals surface area contributed by atoms with Gasteiger partial charge in [-0.25, -0.2) is 0 Å². The monoisotopic (exact) mass is 618 g/mol. The van der Waals surface area contributed by atoms with Gasteiger partial charge >= 0.3 is 0 Å². The molecule has 0 unspecified atom stereocenters. The van der Waals surface area contributed by atoms with Crippen molar-refractivity contribution in [1.82, 2.24) is 9.47 Å². The number of halogens is 2. The van der Waals surface area contributed by atoms with E-state index in [4.69, 9.17) is 42.1 Å². The zero-order valence-corrected chi connectivity index (χ0v) is 25.0. The highest BCUT2D eigenvalue weighted by atomic mass is 35.5. The van der Waals surface area contributed by atoms with Gasteiger partial charge in [0.2, 0.25) is 0 Å². The zero-order valence-electron chi connectivity index (χ0n) is 22.7. The van der Waals surface area contributed by atoms with Crippen molar-refractivity contribution in [2.24, 2.45) is 0 Å². The Morgan fingerprint density at radius 3 is 2.41 bits per heavy atom. The summed E-state index contributed by atoms with van der Waals surface area (Å²) in [6, 6.07) is 9.94. The van der Waals surface area contributed by atoms with E-state index in [9.17, 15) is 14.9 Å². The van der Waals surface area contributed by atoms with Gasteiger partial charge < -0.3 is 24.3 Å². The number of amides is 1. The summed E-state index contributed by atoms with van der Waals surface area (Å²) in [6.07, 6.45) is 1.64. The Kier molecular flexibility index (Phi) is 10.3. The first-order valence-electron chi connectivity index (χ1n) is 12.5. The zero-order chi connectivity index (χ0) is 29.5. The lowest BCUT2D eigenvalue weighted by molar-refractivity contribution is -0.111. The summed E-state index contributed by atoms with van der Waals surface area (Å²) >= 11 is 13.3. The molecule has 0 atom stereocenters. The van der Waals surface area contributed by atoms with Gasteiger partial charge in [0.25, 0.3) is 11.5 Å². The van der Waals surface area contributed by atoms with Crippen LogP contribution < -0.4 is 34.3 Å².